The first-order valence-electron chi connectivity index (χ1n) is 5.45. The van der Waals surface area contributed by atoms with Gasteiger partial charge < -0.3 is 5.11 Å². The van der Waals surface area contributed by atoms with E-state index in [4.69, 9.17) is 0 Å². The van der Waals surface area contributed by atoms with Gasteiger partial charge in [0.2, 0.25) is 0 Å². The van der Waals surface area contributed by atoms with Gasteiger partial charge in [0.25, 0.3) is 0 Å². The molecule has 0 saturated heterocycles. The van der Waals surface area contributed by atoms with E-state index in [-0.39, 0.29) is 0 Å². The van der Waals surface area contributed by atoms with E-state index in [0.717, 1.165) is 5.56 Å². The fraction of sp³-hybridized carbons (Fsp3) is 0.200. The number of aryl methyl sites for hydroxylation is 3. The van der Waals surface area contributed by atoms with E-state index in [2.05, 4.69) is 32.0 Å². The first-order valence-corrected chi connectivity index (χ1v) is 5.45. The van der Waals surface area contributed by atoms with Gasteiger partial charge in [-0.05, 0) is 60.7 Å². The topological polar surface area (TPSA) is 20.2 Å². The molecule has 82 valence electrons. The molecule has 0 fully saturated rings. The smallest absolute Gasteiger partial charge is 0.115 e. The van der Waals surface area contributed by atoms with Crippen molar-refractivity contribution in [3.8, 4) is 16.9 Å². The Morgan fingerprint density at radius 1 is 0.750 bits per heavy atom. The second-order valence-electron chi connectivity index (χ2n) is 4.30. The molecular weight excluding hydrogens is 196 g/mol. The van der Waals surface area contributed by atoms with Crippen molar-refractivity contribution in [2.45, 2.75) is 20.8 Å². The molecule has 1 heteroatoms. The Balaban J connectivity index is 2.54. The summed E-state index contributed by atoms with van der Waals surface area (Å²) in [5, 5.41) is 9.38. The number of hydrogen-bond acceptors (Lipinski definition) is 1. The molecule has 0 bridgehead atoms. The lowest BCUT2D eigenvalue weighted by Crippen LogP contribution is -1.86. The van der Waals surface area contributed by atoms with Crippen molar-refractivity contribution in [2.75, 3.05) is 0 Å². The molecule has 2 aromatic rings. The lowest BCUT2D eigenvalue weighted by atomic mass is 9.97. The molecule has 16 heavy (non-hydrogen) atoms. The van der Waals surface area contributed by atoms with Gasteiger partial charge in [-0.15, -0.1) is 0 Å². The molecule has 0 radical (unpaired) electrons. The summed E-state index contributed by atoms with van der Waals surface area (Å²) in [6, 6.07) is 11.9. The van der Waals surface area contributed by atoms with E-state index in [0.29, 0.717) is 5.75 Å². The zero-order valence-corrected chi connectivity index (χ0v) is 9.91. The Morgan fingerprint density at radius 2 is 1.50 bits per heavy atom. The van der Waals surface area contributed by atoms with Gasteiger partial charge in [0.15, 0.2) is 0 Å². The van der Waals surface area contributed by atoms with Crippen LogP contribution in [0.5, 0.6) is 5.75 Å². The maximum atomic E-state index is 9.38. The van der Waals surface area contributed by atoms with Gasteiger partial charge in [-0.2, -0.15) is 0 Å². The van der Waals surface area contributed by atoms with Gasteiger partial charge in [-0.3, -0.25) is 0 Å². The Morgan fingerprint density at radius 3 is 2.12 bits per heavy atom. The summed E-state index contributed by atoms with van der Waals surface area (Å²) in [5.41, 5.74) is 6.09. The summed E-state index contributed by atoms with van der Waals surface area (Å²) >= 11 is 0. The second kappa shape index (κ2) is 4.01. The van der Waals surface area contributed by atoms with Crippen molar-refractivity contribution in [3.63, 3.8) is 0 Å². The van der Waals surface area contributed by atoms with E-state index in [9.17, 15) is 5.11 Å². The quantitative estimate of drug-likeness (QED) is 0.758. The number of hydrogen-bond donors (Lipinski definition) is 1. The van der Waals surface area contributed by atoms with Crippen LogP contribution in [0.3, 0.4) is 0 Å². The van der Waals surface area contributed by atoms with Crippen LogP contribution in [0.2, 0.25) is 0 Å². The lowest BCUT2D eigenvalue weighted by Gasteiger charge is -2.08. The first-order chi connectivity index (χ1) is 7.58. The van der Waals surface area contributed by atoms with Gasteiger partial charge in [0.1, 0.15) is 5.75 Å². The summed E-state index contributed by atoms with van der Waals surface area (Å²) in [5.74, 6) is 0.324. The van der Waals surface area contributed by atoms with Gasteiger partial charge in [0, 0.05) is 0 Å². The minimum atomic E-state index is 0.324. The van der Waals surface area contributed by atoms with Crippen LogP contribution >= 0.6 is 0 Å². The molecule has 0 aliphatic rings. The highest BCUT2D eigenvalue weighted by Gasteiger charge is 2.03. The molecule has 1 N–H and O–H groups in total. The number of benzene rings is 2. The predicted molar refractivity (Wildman–Crippen MR) is 67.8 cm³/mol. The molecule has 0 heterocycles. The van der Waals surface area contributed by atoms with Gasteiger partial charge in [0.05, 0.1) is 0 Å². The Hall–Kier alpha value is -1.76. The molecule has 2 rings (SSSR count). The number of aromatic hydroxyl groups is 1. The summed E-state index contributed by atoms with van der Waals surface area (Å²) in [6.07, 6.45) is 0. The van der Waals surface area contributed by atoms with Crippen LogP contribution in [-0.4, -0.2) is 5.11 Å². The van der Waals surface area contributed by atoms with Crippen molar-refractivity contribution in [1.82, 2.24) is 0 Å². The molecule has 0 aliphatic carbocycles. The van der Waals surface area contributed by atoms with Crippen LogP contribution < -0.4 is 0 Å². The molecule has 0 spiro atoms. The SMILES string of the molecule is Cc1ccc(-c2ccc(O)cc2C)cc1C. The van der Waals surface area contributed by atoms with Gasteiger partial charge >= 0.3 is 0 Å². The highest BCUT2D eigenvalue weighted by molar-refractivity contribution is 5.69. The van der Waals surface area contributed by atoms with Crippen LogP contribution in [0.15, 0.2) is 36.4 Å². The summed E-state index contributed by atoms with van der Waals surface area (Å²) in [7, 11) is 0. The third kappa shape index (κ3) is 1.94. The normalized spacial score (nSPS) is 10.4. The van der Waals surface area contributed by atoms with Crippen molar-refractivity contribution in [1.29, 1.82) is 0 Å². The standard InChI is InChI=1S/C15H16O/c1-10-4-5-13(8-11(10)2)15-7-6-14(16)9-12(15)3/h4-9,16H,1-3H3. The zero-order valence-electron chi connectivity index (χ0n) is 9.91. The van der Waals surface area contributed by atoms with E-state index >= 15 is 0 Å². The molecule has 0 amide bonds. The molecule has 0 saturated carbocycles. The van der Waals surface area contributed by atoms with Crippen LogP contribution in [0, 0.1) is 20.8 Å². The number of phenolic OH excluding ortho intramolecular Hbond substituents is 1. The van der Waals surface area contributed by atoms with Gasteiger partial charge in [-0.25, -0.2) is 0 Å². The van der Waals surface area contributed by atoms with Crippen LogP contribution in [0.25, 0.3) is 11.1 Å². The summed E-state index contributed by atoms with van der Waals surface area (Å²) in [4.78, 5) is 0. The number of phenols is 1. The molecule has 0 aliphatic heterocycles. The van der Waals surface area contributed by atoms with E-state index in [1.165, 1.54) is 22.3 Å². The predicted octanol–water partition coefficient (Wildman–Crippen LogP) is 3.98. The minimum absolute atomic E-state index is 0.324. The molecule has 1 nitrogen and oxygen atoms in total. The molecule has 0 aromatic heterocycles. The van der Waals surface area contributed by atoms with E-state index < -0.39 is 0 Å². The molecule has 0 atom stereocenters. The van der Waals surface area contributed by atoms with E-state index in [1.807, 2.05) is 13.0 Å². The first kappa shape index (κ1) is 10.7. The van der Waals surface area contributed by atoms with Gasteiger partial charge in [-0.1, -0.05) is 24.3 Å². The van der Waals surface area contributed by atoms with E-state index in [1.54, 1.807) is 12.1 Å². The average Bonchev–Trinajstić information content (AvgIpc) is 2.22. The maximum Gasteiger partial charge on any atom is 0.115 e. The molecule has 2 aromatic carbocycles. The largest absolute Gasteiger partial charge is 0.508 e. The van der Waals surface area contributed by atoms with Crippen molar-refractivity contribution in [3.05, 3.63) is 53.1 Å². The second-order valence-corrected chi connectivity index (χ2v) is 4.30. The Bertz CT molecular complexity index is 527. The van der Waals surface area contributed by atoms with Crippen LogP contribution in [0.1, 0.15) is 16.7 Å². The summed E-state index contributed by atoms with van der Waals surface area (Å²) < 4.78 is 0. The number of rotatable bonds is 1. The average molecular weight is 212 g/mol. The lowest BCUT2D eigenvalue weighted by molar-refractivity contribution is 0.475. The maximum absolute atomic E-state index is 9.38. The zero-order chi connectivity index (χ0) is 11.7. The van der Waals surface area contributed by atoms with Crippen molar-refractivity contribution in [2.24, 2.45) is 0 Å². The monoisotopic (exact) mass is 212 g/mol. The summed E-state index contributed by atoms with van der Waals surface area (Å²) in [6.45, 7) is 6.25. The third-order valence-corrected chi connectivity index (χ3v) is 3.03. The molecular formula is C15H16O. The van der Waals surface area contributed by atoms with Crippen LogP contribution in [-0.2, 0) is 0 Å². The highest BCUT2D eigenvalue weighted by Crippen LogP contribution is 2.27. The third-order valence-electron chi connectivity index (χ3n) is 3.03. The minimum Gasteiger partial charge on any atom is -0.508 e. The Kier molecular flexibility index (Phi) is 2.69. The fourth-order valence-electron chi connectivity index (χ4n) is 1.88. The van der Waals surface area contributed by atoms with Crippen molar-refractivity contribution >= 4 is 0 Å². The van der Waals surface area contributed by atoms with Crippen LogP contribution in [0.4, 0.5) is 0 Å². The van der Waals surface area contributed by atoms with Crippen molar-refractivity contribution < 1.29 is 5.11 Å². The fourth-order valence-corrected chi connectivity index (χ4v) is 1.88. The Labute approximate surface area is 96.4 Å². The highest BCUT2D eigenvalue weighted by atomic mass is 16.3. The molecule has 0 unspecified atom stereocenters.